The number of nitro groups is 1. The van der Waals surface area contributed by atoms with Crippen molar-refractivity contribution >= 4 is 11.6 Å². The number of rotatable bonds is 4. The minimum Gasteiger partial charge on any atom is -0.368 e. The van der Waals surface area contributed by atoms with Crippen molar-refractivity contribution in [2.24, 2.45) is 0 Å². The molecule has 142 valence electrons. The molecule has 0 spiro atoms. The van der Waals surface area contributed by atoms with Gasteiger partial charge in [-0.15, -0.1) is 0 Å². The number of nitro benzene ring substituents is 1. The quantitative estimate of drug-likeness (QED) is 0.604. The lowest BCUT2D eigenvalue weighted by Gasteiger charge is -2.40. The fourth-order valence-corrected chi connectivity index (χ4v) is 3.78. The Balaban J connectivity index is 1.66. The van der Waals surface area contributed by atoms with Gasteiger partial charge in [-0.1, -0.05) is 0 Å². The zero-order valence-corrected chi connectivity index (χ0v) is 15.1. The molecule has 0 radical (unpaired) electrons. The van der Waals surface area contributed by atoms with Gasteiger partial charge < -0.3 is 9.64 Å². The number of carbonyl (C=O) groups is 1. The molecular weight excluding hydrogens is 341 g/mol. The predicted molar refractivity (Wildman–Crippen MR) is 93.2 cm³/mol. The number of amides is 1. The summed E-state index contributed by atoms with van der Waals surface area (Å²) < 4.78 is 19.2. The van der Waals surface area contributed by atoms with Gasteiger partial charge >= 0.3 is 0 Å². The zero-order chi connectivity index (χ0) is 18.8. The van der Waals surface area contributed by atoms with Crippen molar-refractivity contribution in [3.8, 4) is 0 Å². The Kier molecular flexibility index (Phi) is 5.52. The average Bonchev–Trinajstić information content (AvgIpc) is 3.11. The van der Waals surface area contributed by atoms with Crippen LogP contribution < -0.4 is 0 Å². The molecule has 2 saturated heterocycles. The molecule has 0 aliphatic carbocycles. The van der Waals surface area contributed by atoms with Crippen molar-refractivity contribution in [1.82, 2.24) is 9.80 Å². The van der Waals surface area contributed by atoms with E-state index in [-0.39, 0.29) is 23.7 Å². The van der Waals surface area contributed by atoms with Gasteiger partial charge in [0.1, 0.15) is 11.9 Å². The van der Waals surface area contributed by atoms with E-state index in [1.807, 2.05) is 11.8 Å². The summed E-state index contributed by atoms with van der Waals surface area (Å²) in [5.74, 6) is -0.551. The average molecular weight is 365 g/mol. The van der Waals surface area contributed by atoms with Gasteiger partial charge in [-0.3, -0.25) is 19.8 Å². The van der Waals surface area contributed by atoms with E-state index in [2.05, 4.69) is 4.90 Å². The largest absolute Gasteiger partial charge is 0.368 e. The maximum absolute atomic E-state index is 13.7. The summed E-state index contributed by atoms with van der Waals surface area (Å²) in [6.45, 7) is 6.57. The van der Waals surface area contributed by atoms with Crippen LogP contribution in [0, 0.1) is 22.9 Å². The van der Waals surface area contributed by atoms with Gasteiger partial charge in [-0.25, -0.2) is 4.39 Å². The molecule has 7 nitrogen and oxygen atoms in total. The first-order chi connectivity index (χ1) is 12.4. The SMILES string of the molecule is Cc1c(CN2CCN(C(=O)[C@@H]3CCCO3)[C@@H](C)C2)cc(F)cc1[N+](=O)[O-]. The Bertz CT molecular complexity index is 706. The van der Waals surface area contributed by atoms with E-state index in [9.17, 15) is 19.3 Å². The molecule has 1 amide bonds. The van der Waals surface area contributed by atoms with Crippen LogP contribution in [-0.4, -0.2) is 59.0 Å². The van der Waals surface area contributed by atoms with Gasteiger partial charge in [-0.2, -0.15) is 0 Å². The minimum atomic E-state index is -0.599. The molecular formula is C18H24FN3O4. The summed E-state index contributed by atoms with van der Waals surface area (Å²) >= 11 is 0. The number of carbonyl (C=O) groups excluding carboxylic acids is 1. The number of benzene rings is 1. The molecule has 0 aromatic heterocycles. The van der Waals surface area contributed by atoms with E-state index < -0.39 is 10.7 Å². The van der Waals surface area contributed by atoms with Gasteiger partial charge in [0.15, 0.2) is 0 Å². The van der Waals surface area contributed by atoms with E-state index in [1.54, 1.807) is 6.92 Å². The molecule has 1 aromatic rings. The Hall–Kier alpha value is -2.06. The van der Waals surface area contributed by atoms with Crippen LogP contribution in [0.2, 0.25) is 0 Å². The normalized spacial score (nSPS) is 24.0. The standard InChI is InChI=1S/C18H24FN3O4/c1-12-10-20(5-6-21(12)18(23)17-4-3-7-26-17)11-14-8-15(19)9-16(13(14)2)22(24)25/h8-9,12,17H,3-7,10-11H2,1-2H3/t12-,17-/m0/s1. The Morgan fingerprint density at radius 3 is 2.81 bits per heavy atom. The lowest BCUT2D eigenvalue weighted by atomic mass is 10.0. The highest BCUT2D eigenvalue weighted by Crippen LogP contribution is 2.26. The molecule has 0 saturated carbocycles. The highest BCUT2D eigenvalue weighted by Gasteiger charge is 2.34. The van der Waals surface area contributed by atoms with E-state index in [1.165, 1.54) is 6.07 Å². The van der Waals surface area contributed by atoms with Crippen LogP contribution >= 0.6 is 0 Å². The number of piperazine rings is 1. The first-order valence-corrected chi connectivity index (χ1v) is 8.94. The third kappa shape index (κ3) is 3.86. The second kappa shape index (κ2) is 7.67. The highest BCUT2D eigenvalue weighted by atomic mass is 19.1. The Morgan fingerprint density at radius 1 is 1.42 bits per heavy atom. The molecule has 0 N–H and O–H groups in total. The summed E-state index contributed by atoms with van der Waals surface area (Å²) in [6.07, 6.45) is 1.37. The maximum Gasteiger partial charge on any atom is 0.275 e. The van der Waals surface area contributed by atoms with Gasteiger partial charge in [0.25, 0.3) is 11.6 Å². The molecule has 2 heterocycles. The summed E-state index contributed by atoms with van der Waals surface area (Å²) in [5.41, 5.74) is 0.907. The number of nitrogens with zero attached hydrogens (tertiary/aromatic N) is 3. The second-order valence-electron chi connectivity index (χ2n) is 7.08. The van der Waals surface area contributed by atoms with Gasteiger partial charge in [0, 0.05) is 44.4 Å². The molecule has 26 heavy (non-hydrogen) atoms. The van der Waals surface area contributed by atoms with Crippen molar-refractivity contribution in [3.63, 3.8) is 0 Å². The zero-order valence-electron chi connectivity index (χ0n) is 15.1. The van der Waals surface area contributed by atoms with Crippen LogP contribution in [0.3, 0.4) is 0 Å². The van der Waals surface area contributed by atoms with Gasteiger partial charge in [0.2, 0.25) is 0 Å². The molecule has 2 fully saturated rings. The van der Waals surface area contributed by atoms with Crippen molar-refractivity contribution < 1.29 is 18.8 Å². The van der Waals surface area contributed by atoms with E-state index in [0.717, 1.165) is 18.9 Å². The third-order valence-electron chi connectivity index (χ3n) is 5.24. The van der Waals surface area contributed by atoms with Crippen molar-refractivity contribution in [3.05, 3.63) is 39.2 Å². The van der Waals surface area contributed by atoms with E-state index >= 15 is 0 Å². The van der Waals surface area contributed by atoms with Crippen molar-refractivity contribution in [1.29, 1.82) is 0 Å². The number of halogens is 1. The molecule has 2 aliphatic rings. The summed E-state index contributed by atoms with van der Waals surface area (Å²) in [6, 6.07) is 2.33. The number of ether oxygens (including phenoxy) is 1. The Labute approximate surface area is 151 Å². The second-order valence-corrected chi connectivity index (χ2v) is 7.08. The van der Waals surface area contributed by atoms with Crippen molar-refractivity contribution in [2.45, 2.75) is 45.4 Å². The highest BCUT2D eigenvalue weighted by molar-refractivity contribution is 5.81. The number of hydrogen-bond donors (Lipinski definition) is 0. The smallest absolute Gasteiger partial charge is 0.275 e. The Morgan fingerprint density at radius 2 is 2.19 bits per heavy atom. The van der Waals surface area contributed by atoms with Crippen LogP contribution in [0.25, 0.3) is 0 Å². The first kappa shape index (κ1) is 18.7. The molecule has 2 aliphatic heterocycles. The molecule has 2 atom stereocenters. The van der Waals surface area contributed by atoms with Crippen molar-refractivity contribution in [2.75, 3.05) is 26.2 Å². The van der Waals surface area contributed by atoms with E-state index in [0.29, 0.717) is 43.9 Å². The summed E-state index contributed by atoms with van der Waals surface area (Å²) in [7, 11) is 0. The van der Waals surface area contributed by atoms with Crippen LogP contribution in [0.15, 0.2) is 12.1 Å². The summed E-state index contributed by atoms with van der Waals surface area (Å²) in [5, 5.41) is 11.1. The van der Waals surface area contributed by atoms with Gasteiger partial charge in [0.05, 0.1) is 11.0 Å². The maximum atomic E-state index is 13.7. The van der Waals surface area contributed by atoms with Gasteiger partial charge in [-0.05, 0) is 38.3 Å². The third-order valence-corrected chi connectivity index (χ3v) is 5.24. The summed E-state index contributed by atoms with van der Waals surface area (Å²) in [4.78, 5) is 27.0. The van der Waals surface area contributed by atoms with Crippen LogP contribution in [0.1, 0.15) is 30.9 Å². The lowest BCUT2D eigenvalue weighted by molar-refractivity contribution is -0.385. The van der Waals surface area contributed by atoms with Crippen LogP contribution in [0.4, 0.5) is 10.1 Å². The monoisotopic (exact) mass is 365 g/mol. The molecule has 8 heteroatoms. The molecule has 0 unspecified atom stereocenters. The first-order valence-electron chi connectivity index (χ1n) is 8.94. The predicted octanol–water partition coefficient (Wildman–Crippen LogP) is 2.25. The topological polar surface area (TPSA) is 75.9 Å². The molecule has 1 aromatic carbocycles. The number of hydrogen-bond acceptors (Lipinski definition) is 5. The lowest BCUT2D eigenvalue weighted by Crippen LogP contribution is -2.55. The molecule has 3 rings (SSSR count). The fourth-order valence-electron chi connectivity index (χ4n) is 3.78. The van der Waals surface area contributed by atoms with Crippen LogP contribution in [0.5, 0.6) is 0 Å². The van der Waals surface area contributed by atoms with E-state index in [4.69, 9.17) is 4.74 Å². The minimum absolute atomic E-state index is 0.0179. The molecule has 0 bridgehead atoms. The fraction of sp³-hybridized carbons (Fsp3) is 0.611. The van der Waals surface area contributed by atoms with Crippen LogP contribution in [-0.2, 0) is 16.1 Å².